The van der Waals surface area contributed by atoms with E-state index in [0.29, 0.717) is 0 Å². The highest BCUT2D eigenvalue weighted by atomic mass is 16.5. The Hall–Kier alpha value is -1.51. The zero-order valence-electron chi connectivity index (χ0n) is 11.5. The van der Waals surface area contributed by atoms with Crippen LogP contribution in [-0.2, 0) is 9.53 Å². The Bertz CT molecular complexity index is 448. The maximum Gasteiger partial charge on any atom is 0.313 e. The number of hydrogen-bond acceptors (Lipinski definition) is 3. The van der Waals surface area contributed by atoms with E-state index in [-0.39, 0.29) is 23.3 Å². The fourth-order valence-corrected chi connectivity index (χ4v) is 2.48. The van der Waals surface area contributed by atoms with E-state index in [1.807, 2.05) is 24.3 Å². The number of carbonyl (C=O) groups is 1. The minimum atomic E-state index is -0.156. The van der Waals surface area contributed by atoms with Crippen LogP contribution in [0.5, 0.6) is 0 Å². The lowest BCUT2D eigenvalue weighted by Crippen LogP contribution is -2.40. The van der Waals surface area contributed by atoms with Crippen molar-refractivity contribution in [3.63, 3.8) is 0 Å². The van der Waals surface area contributed by atoms with Gasteiger partial charge in [-0.2, -0.15) is 0 Å². The molecule has 1 aromatic rings. The second-order valence-corrected chi connectivity index (χ2v) is 5.96. The summed E-state index contributed by atoms with van der Waals surface area (Å²) in [6.07, 6.45) is 0.785. The first-order chi connectivity index (χ1) is 8.43. The fourth-order valence-electron chi connectivity index (χ4n) is 2.48. The van der Waals surface area contributed by atoms with Crippen LogP contribution in [-0.4, -0.2) is 19.1 Å². The van der Waals surface area contributed by atoms with Crippen LogP contribution in [0.3, 0.4) is 0 Å². The maximum absolute atomic E-state index is 12.0. The van der Waals surface area contributed by atoms with E-state index < -0.39 is 0 Å². The molecule has 1 aliphatic rings. The quantitative estimate of drug-likeness (QED) is 0.775. The third-order valence-corrected chi connectivity index (χ3v) is 3.67. The van der Waals surface area contributed by atoms with Crippen LogP contribution in [0.2, 0.25) is 0 Å². The van der Waals surface area contributed by atoms with Crippen LogP contribution >= 0.6 is 0 Å². The Morgan fingerprint density at radius 2 is 2.00 bits per heavy atom. The van der Waals surface area contributed by atoms with Crippen molar-refractivity contribution in [2.24, 2.45) is 5.41 Å². The first-order valence-corrected chi connectivity index (χ1v) is 6.37. The van der Waals surface area contributed by atoms with Crippen molar-refractivity contribution in [3.8, 4) is 0 Å². The van der Waals surface area contributed by atoms with Gasteiger partial charge in [-0.05, 0) is 23.5 Å². The standard InChI is InChI=1S/C15H21NO2/c1-15(2,3)13-9-11(14(17)18-4)10-7-5-6-8-12(10)16-13/h5-8,11,13,16H,9H2,1-4H3/t11-,13-/m1/s1. The van der Waals surface area contributed by atoms with Gasteiger partial charge < -0.3 is 10.1 Å². The second kappa shape index (κ2) is 4.63. The molecule has 0 spiro atoms. The molecule has 0 saturated carbocycles. The van der Waals surface area contributed by atoms with Crippen molar-refractivity contribution in [1.82, 2.24) is 0 Å². The van der Waals surface area contributed by atoms with Gasteiger partial charge in [-0.25, -0.2) is 0 Å². The monoisotopic (exact) mass is 247 g/mol. The van der Waals surface area contributed by atoms with Gasteiger partial charge in [-0.15, -0.1) is 0 Å². The zero-order valence-corrected chi connectivity index (χ0v) is 11.5. The molecule has 0 radical (unpaired) electrons. The van der Waals surface area contributed by atoms with Crippen LogP contribution in [0.1, 0.15) is 38.7 Å². The van der Waals surface area contributed by atoms with Crippen LogP contribution in [0.25, 0.3) is 0 Å². The molecule has 98 valence electrons. The summed E-state index contributed by atoms with van der Waals surface area (Å²) in [5.41, 5.74) is 2.21. The SMILES string of the molecule is COC(=O)[C@@H]1C[C@H](C(C)(C)C)Nc2ccccc21. The van der Waals surface area contributed by atoms with Crippen LogP contribution in [0.4, 0.5) is 5.69 Å². The Kier molecular flexibility index (Phi) is 3.33. The number of esters is 1. The lowest BCUT2D eigenvalue weighted by molar-refractivity contribution is -0.142. The number of fused-ring (bicyclic) bond motifs is 1. The number of para-hydroxylation sites is 1. The fraction of sp³-hybridized carbons (Fsp3) is 0.533. The summed E-state index contributed by atoms with van der Waals surface area (Å²) in [7, 11) is 1.46. The maximum atomic E-state index is 12.0. The normalized spacial score (nSPS) is 22.9. The molecule has 18 heavy (non-hydrogen) atoms. The number of benzene rings is 1. The smallest absolute Gasteiger partial charge is 0.313 e. The number of ether oxygens (including phenoxy) is 1. The minimum absolute atomic E-state index is 0.111. The molecule has 0 aliphatic carbocycles. The molecule has 3 nitrogen and oxygen atoms in total. The molecule has 0 saturated heterocycles. The van der Waals surface area contributed by atoms with Gasteiger partial charge in [0.25, 0.3) is 0 Å². The first-order valence-electron chi connectivity index (χ1n) is 6.37. The van der Waals surface area contributed by atoms with Gasteiger partial charge in [0, 0.05) is 11.7 Å². The Morgan fingerprint density at radius 3 is 2.61 bits per heavy atom. The van der Waals surface area contributed by atoms with Gasteiger partial charge in [0.05, 0.1) is 13.0 Å². The number of anilines is 1. The number of nitrogens with one attached hydrogen (secondary N) is 1. The zero-order chi connectivity index (χ0) is 13.3. The van der Waals surface area contributed by atoms with Crippen LogP contribution < -0.4 is 5.32 Å². The highest BCUT2D eigenvalue weighted by molar-refractivity contribution is 5.81. The van der Waals surface area contributed by atoms with E-state index in [4.69, 9.17) is 4.74 Å². The molecule has 0 unspecified atom stereocenters. The highest BCUT2D eigenvalue weighted by Crippen LogP contribution is 2.40. The van der Waals surface area contributed by atoms with Crippen molar-refractivity contribution < 1.29 is 9.53 Å². The summed E-state index contributed by atoms with van der Waals surface area (Å²) >= 11 is 0. The number of methoxy groups -OCH3 is 1. The second-order valence-electron chi connectivity index (χ2n) is 5.96. The van der Waals surface area contributed by atoms with Crippen LogP contribution in [0.15, 0.2) is 24.3 Å². The summed E-state index contributed by atoms with van der Waals surface area (Å²) in [6, 6.07) is 8.27. The predicted molar refractivity (Wildman–Crippen MR) is 72.7 cm³/mol. The average Bonchev–Trinajstić information content (AvgIpc) is 2.35. The van der Waals surface area contributed by atoms with Crippen LogP contribution in [0, 0.1) is 5.41 Å². The average molecular weight is 247 g/mol. The topological polar surface area (TPSA) is 38.3 Å². The molecule has 1 N–H and O–H groups in total. The van der Waals surface area contributed by atoms with Gasteiger partial charge in [0.1, 0.15) is 0 Å². The molecule has 3 heteroatoms. The van der Waals surface area contributed by atoms with E-state index in [1.165, 1.54) is 7.11 Å². The third kappa shape index (κ3) is 2.35. The molecule has 0 bridgehead atoms. The first kappa shape index (κ1) is 12.9. The third-order valence-electron chi connectivity index (χ3n) is 3.67. The predicted octanol–water partition coefficient (Wildman–Crippen LogP) is 3.17. The largest absolute Gasteiger partial charge is 0.469 e. The Balaban J connectivity index is 2.38. The summed E-state index contributed by atoms with van der Waals surface area (Å²) < 4.78 is 4.94. The van der Waals surface area contributed by atoms with Crippen molar-refractivity contribution in [2.75, 3.05) is 12.4 Å². The molecular formula is C15H21NO2. The number of carbonyl (C=O) groups excluding carboxylic acids is 1. The van der Waals surface area contributed by atoms with Gasteiger partial charge in [0.15, 0.2) is 0 Å². The van der Waals surface area contributed by atoms with Crippen molar-refractivity contribution in [3.05, 3.63) is 29.8 Å². The summed E-state index contributed by atoms with van der Waals surface area (Å²) in [5.74, 6) is -0.296. The van der Waals surface area contributed by atoms with E-state index in [9.17, 15) is 4.79 Å². The summed E-state index contributed by atoms with van der Waals surface area (Å²) in [4.78, 5) is 12.0. The molecule has 1 heterocycles. The molecule has 2 rings (SSSR count). The summed E-state index contributed by atoms with van der Waals surface area (Å²) in [5, 5.41) is 3.54. The van der Waals surface area contributed by atoms with Gasteiger partial charge in [0.2, 0.25) is 0 Å². The number of hydrogen-bond donors (Lipinski definition) is 1. The molecule has 2 atom stereocenters. The van der Waals surface area contributed by atoms with Crippen molar-refractivity contribution in [2.45, 2.75) is 39.2 Å². The lowest BCUT2D eigenvalue weighted by Gasteiger charge is -2.39. The van der Waals surface area contributed by atoms with Crippen molar-refractivity contribution >= 4 is 11.7 Å². The van der Waals surface area contributed by atoms with Gasteiger partial charge >= 0.3 is 5.97 Å². The molecule has 0 aromatic heterocycles. The van der Waals surface area contributed by atoms with E-state index in [1.54, 1.807) is 0 Å². The molecular weight excluding hydrogens is 226 g/mol. The Labute approximate surface area is 109 Å². The number of rotatable bonds is 1. The van der Waals surface area contributed by atoms with Gasteiger partial charge in [-0.3, -0.25) is 4.79 Å². The minimum Gasteiger partial charge on any atom is -0.469 e. The molecule has 0 amide bonds. The van der Waals surface area contributed by atoms with E-state index in [2.05, 4.69) is 26.1 Å². The summed E-state index contributed by atoms with van der Waals surface area (Å²) in [6.45, 7) is 6.56. The van der Waals surface area contributed by atoms with Crippen molar-refractivity contribution in [1.29, 1.82) is 0 Å². The molecule has 0 fully saturated rings. The van der Waals surface area contributed by atoms with E-state index in [0.717, 1.165) is 17.7 Å². The molecule has 1 aromatic carbocycles. The van der Waals surface area contributed by atoms with Gasteiger partial charge in [-0.1, -0.05) is 39.0 Å². The van der Waals surface area contributed by atoms with E-state index >= 15 is 0 Å². The highest BCUT2D eigenvalue weighted by Gasteiger charge is 2.36. The molecule has 1 aliphatic heterocycles. The Morgan fingerprint density at radius 1 is 1.33 bits per heavy atom. The lowest BCUT2D eigenvalue weighted by atomic mass is 9.76.